The second kappa shape index (κ2) is 6.13. The van der Waals surface area contributed by atoms with Crippen LogP contribution in [-0.4, -0.2) is 30.4 Å². The SMILES string of the molecule is O=c1[nH]nc(-c2ccccc2)c2c1Nc1nnnn1C2c1ccc(Br)cc1. The molecule has 1 aliphatic rings. The van der Waals surface area contributed by atoms with Crippen LogP contribution in [0.25, 0.3) is 11.3 Å². The number of rotatable bonds is 2. The van der Waals surface area contributed by atoms with Crippen molar-refractivity contribution in [1.29, 1.82) is 0 Å². The molecule has 0 saturated heterocycles. The van der Waals surface area contributed by atoms with Crippen LogP contribution in [0.4, 0.5) is 11.6 Å². The number of nitrogens with one attached hydrogen (secondary N) is 2. The van der Waals surface area contributed by atoms with Crippen molar-refractivity contribution in [2.75, 3.05) is 5.32 Å². The summed E-state index contributed by atoms with van der Waals surface area (Å²) in [6.07, 6.45) is 0. The third kappa shape index (κ3) is 2.55. The quantitative estimate of drug-likeness (QED) is 0.454. The highest BCUT2D eigenvalue weighted by Gasteiger charge is 2.34. The Bertz CT molecular complexity index is 1180. The van der Waals surface area contributed by atoms with E-state index in [1.807, 2.05) is 54.6 Å². The highest BCUT2D eigenvalue weighted by atomic mass is 79.9. The minimum absolute atomic E-state index is 0.318. The minimum atomic E-state index is -0.385. The molecule has 0 fully saturated rings. The van der Waals surface area contributed by atoms with Crippen LogP contribution in [0.3, 0.4) is 0 Å². The number of tetrazole rings is 1. The van der Waals surface area contributed by atoms with Crippen LogP contribution < -0.4 is 10.9 Å². The molecule has 2 aromatic carbocycles. The molecule has 2 aromatic heterocycles. The standard InChI is InChI=1S/C18H12BrN7O/c19-12-8-6-11(7-9-12)16-13-14(10-4-2-1-3-5-10)21-22-17(27)15(13)20-18-23-24-25-26(16)18/h1-9,16H,(H,22,27)(H,20,23,25). The van der Waals surface area contributed by atoms with Crippen molar-refractivity contribution < 1.29 is 0 Å². The maximum Gasteiger partial charge on any atom is 0.288 e. The lowest BCUT2D eigenvalue weighted by Crippen LogP contribution is -2.29. The predicted octanol–water partition coefficient (Wildman–Crippen LogP) is 2.88. The van der Waals surface area contributed by atoms with Crippen LogP contribution in [0, 0.1) is 0 Å². The van der Waals surface area contributed by atoms with Crippen molar-refractivity contribution in [2.24, 2.45) is 0 Å². The zero-order valence-electron chi connectivity index (χ0n) is 13.8. The lowest BCUT2D eigenvalue weighted by Gasteiger charge is -2.27. The largest absolute Gasteiger partial charge is 0.318 e. The molecule has 0 spiro atoms. The van der Waals surface area contributed by atoms with Crippen LogP contribution in [0.2, 0.25) is 0 Å². The fraction of sp³-hybridized carbons (Fsp3) is 0.0556. The second-order valence-corrected chi connectivity index (χ2v) is 7.00. The Morgan fingerprint density at radius 2 is 1.81 bits per heavy atom. The molecule has 3 heterocycles. The molecular formula is C18H12BrN7O. The molecule has 0 bridgehead atoms. The van der Waals surface area contributed by atoms with Crippen molar-refractivity contribution in [3.05, 3.63) is 80.6 Å². The number of nitrogens with zero attached hydrogens (tertiary/aromatic N) is 5. The number of aromatic nitrogens is 6. The molecule has 1 aliphatic heterocycles. The van der Waals surface area contributed by atoms with Crippen LogP contribution in [0.1, 0.15) is 17.2 Å². The van der Waals surface area contributed by atoms with Crippen molar-refractivity contribution in [3.63, 3.8) is 0 Å². The minimum Gasteiger partial charge on any atom is -0.318 e. The first kappa shape index (κ1) is 15.9. The van der Waals surface area contributed by atoms with Gasteiger partial charge in [-0.15, -0.1) is 0 Å². The highest BCUT2D eigenvalue weighted by Crippen LogP contribution is 2.41. The number of hydrogen-bond acceptors (Lipinski definition) is 6. The number of H-pyrrole nitrogens is 1. The molecule has 1 atom stereocenters. The van der Waals surface area contributed by atoms with Gasteiger partial charge in [0, 0.05) is 15.6 Å². The molecule has 0 radical (unpaired) electrons. The van der Waals surface area contributed by atoms with Crippen LogP contribution in [-0.2, 0) is 0 Å². The molecule has 2 N–H and O–H groups in total. The summed E-state index contributed by atoms with van der Waals surface area (Å²) in [6.45, 7) is 0. The Morgan fingerprint density at radius 3 is 2.59 bits per heavy atom. The van der Waals surface area contributed by atoms with Crippen LogP contribution in [0.5, 0.6) is 0 Å². The summed E-state index contributed by atoms with van der Waals surface area (Å²) in [5.41, 5.74) is 3.32. The third-order valence-electron chi connectivity index (χ3n) is 4.50. The van der Waals surface area contributed by atoms with Gasteiger partial charge in [-0.1, -0.05) is 63.5 Å². The van der Waals surface area contributed by atoms with Crippen LogP contribution in [0.15, 0.2) is 63.9 Å². The van der Waals surface area contributed by atoms with Gasteiger partial charge in [0.05, 0.1) is 5.69 Å². The van der Waals surface area contributed by atoms with Gasteiger partial charge in [0.2, 0.25) is 5.95 Å². The highest BCUT2D eigenvalue weighted by molar-refractivity contribution is 9.10. The normalized spacial score (nSPS) is 14.9. The van der Waals surface area contributed by atoms with Gasteiger partial charge in [-0.25, -0.2) is 5.10 Å². The van der Waals surface area contributed by atoms with Gasteiger partial charge in [0.25, 0.3) is 5.56 Å². The van der Waals surface area contributed by atoms with Gasteiger partial charge in [-0.2, -0.15) is 9.78 Å². The number of hydrogen-bond donors (Lipinski definition) is 2. The fourth-order valence-corrected chi connectivity index (χ4v) is 3.57. The average Bonchev–Trinajstić information content (AvgIpc) is 3.17. The van der Waals surface area contributed by atoms with E-state index in [1.54, 1.807) is 4.68 Å². The van der Waals surface area contributed by atoms with Gasteiger partial charge in [-0.05, 0) is 28.1 Å². The van der Waals surface area contributed by atoms with Crippen molar-refractivity contribution in [1.82, 2.24) is 30.4 Å². The van der Waals surface area contributed by atoms with Gasteiger partial charge in [0.1, 0.15) is 11.7 Å². The summed E-state index contributed by atoms with van der Waals surface area (Å²) in [4.78, 5) is 12.5. The molecule has 132 valence electrons. The summed E-state index contributed by atoms with van der Waals surface area (Å²) in [7, 11) is 0. The third-order valence-corrected chi connectivity index (χ3v) is 5.03. The zero-order valence-corrected chi connectivity index (χ0v) is 15.4. The van der Waals surface area contributed by atoms with Gasteiger partial charge in [0.15, 0.2) is 0 Å². The molecule has 27 heavy (non-hydrogen) atoms. The van der Waals surface area contributed by atoms with E-state index in [2.05, 4.69) is 47.0 Å². The van der Waals surface area contributed by atoms with Crippen molar-refractivity contribution >= 4 is 27.6 Å². The number of aromatic amines is 1. The Labute approximate surface area is 161 Å². The van der Waals surface area contributed by atoms with Gasteiger partial charge >= 0.3 is 0 Å². The molecule has 1 unspecified atom stereocenters. The molecule has 8 nitrogen and oxygen atoms in total. The predicted molar refractivity (Wildman–Crippen MR) is 103 cm³/mol. The van der Waals surface area contributed by atoms with E-state index in [4.69, 9.17) is 0 Å². The Morgan fingerprint density at radius 1 is 1.04 bits per heavy atom. The summed E-state index contributed by atoms with van der Waals surface area (Å²) in [5, 5.41) is 21.9. The molecule has 0 amide bonds. The number of fused-ring (bicyclic) bond motifs is 2. The Kier molecular flexibility index (Phi) is 3.61. The van der Waals surface area contributed by atoms with E-state index < -0.39 is 0 Å². The average molecular weight is 422 g/mol. The summed E-state index contributed by atoms with van der Waals surface area (Å²) in [6, 6.07) is 17.2. The van der Waals surface area contributed by atoms with E-state index in [-0.39, 0.29) is 11.6 Å². The topological polar surface area (TPSA) is 101 Å². The maximum atomic E-state index is 12.5. The lowest BCUT2D eigenvalue weighted by atomic mass is 9.92. The second-order valence-electron chi connectivity index (χ2n) is 6.08. The monoisotopic (exact) mass is 421 g/mol. The van der Waals surface area contributed by atoms with Gasteiger partial charge < -0.3 is 5.32 Å². The van der Waals surface area contributed by atoms with Crippen molar-refractivity contribution in [2.45, 2.75) is 6.04 Å². The molecule has 5 rings (SSSR count). The van der Waals surface area contributed by atoms with Gasteiger partial charge in [-0.3, -0.25) is 4.79 Å². The lowest BCUT2D eigenvalue weighted by molar-refractivity contribution is 0.567. The molecule has 9 heteroatoms. The van der Waals surface area contributed by atoms with E-state index >= 15 is 0 Å². The Hall–Kier alpha value is -3.33. The molecular weight excluding hydrogens is 410 g/mol. The van der Waals surface area contributed by atoms with Crippen LogP contribution >= 0.6 is 15.9 Å². The molecule has 4 aromatic rings. The summed E-state index contributed by atoms with van der Waals surface area (Å²) >= 11 is 3.46. The van der Waals surface area contributed by atoms with E-state index in [9.17, 15) is 4.79 Å². The first-order chi connectivity index (χ1) is 13.2. The van der Waals surface area contributed by atoms with Crippen molar-refractivity contribution in [3.8, 4) is 11.3 Å². The summed E-state index contributed by atoms with van der Waals surface area (Å²) in [5.74, 6) is 0.408. The van der Waals surface area contributed by atoms with E-state index in [0.29, 0.717) is 17.3 Å². The Balaban J connectivity index is 1.83. The smallest absolute Gasteiger partial charge is 0.288 e. The molecule has 0 saturated carbocycles. The number of anilines is 2. The first-order valence-electron chi connectivity index (χ1n) is 8.21. The zero-order chi connectivity index (χ0) is 18.4. The fourth-order valence-electron chi connectivity index (χ4n) is 3.31. The van der Waals surface area contributed by atoms with E-state index in [0.717, 1.165) is 21.2 Å². The molecule has 0 aliphatic carbocycles. The summed E-state index contributed by atoms with van der Waals surface area (Å²) < 4.78 is 2.63. The first-order valence-corrected chi connectivity index (χ1v) is 9.00. The number of benzene rings is 2. The maximum absolute atomic E-state index is 12.5. The van der Waals surface area contributed by atoms with E-state index in [1.165, 1.54) is 0 Å². The number of halogens is 1.